The lowest BCUT2D eigenvalue weighted by Crippen LogP contribution is -2.38. The van der Waals surface area contributed by atoms with E-state index in [-0.39, 0.29) is 16.4 Å². The van der Waals surface area contributed by atoms with Crippen molar-refractivity contribution in [3.8, 4) is 0 Å². The Balaban J connectivity index is 1.69. The summed E-state index contributed by atoms with van der Waals surface area (Å²) in [6.07, 6.45) is 0. The molecule has 2 aromatic rings. The summed E-state index contributed by atoms with van der Waals surface area (Å²) < 4.78 is 37.0. The van der Waals surface area contributed by atoms with Crippen molar-refractivity contribution < 1.29 is 27.5 Å². The number of thiophene rings is 1. The first kappa shape index (κ1) is 20.8. The fourth-order valence-corrected chi connectivity index (χ4v) is 6.50. The van der Waals surface area contributed by atoms with Crippen LogP contribution in [0.3, 0.4) is 0 Å². The second kappa shape index (κ2) is 9.08. The highest BCUT2D eigenvalue weighted by Crippen LogP contribution is 2.28. The van der Waals surface area contributed by atoms with E-state index in [4.69, 9.17) is 4.74 Å². The standard InChI is InChI=1S/C18H19NO6S3/c1-24-17(20)14-4-2-13(3-5-14)12-25-18(21)16-15(6-9-27-16)28(22,23)19-7-10-26-11-8-19/h2-6,9H,7-8,10-12H2,1H3. The number of rotatable bonds is 6. The third-order valence-corrected chi connectivity index (χ3v) is 8.05. The van der Waals surface area contributed by atoms with Gasteiger partial charge in [0.05, 0.1) is 12.7 Å². The normalized spacial score (nSPS) is 15.2. The summed E-state index contributed by atoms with van der Waals surface area (Å²) in [7, 11) is -2.42. The van der Waals surface area contributed by atoms with E-state index in [0.717, 1.165) is 22.8 Å². The van der Waals surface area contributed by atoms with Crippen LogP contribution >= 0.6 is 23.1 Å². The molecule has 3 rings (SSSR count). The SMILES string of the molecule is COC(=O)c1ccc(COC(=O)c2sccc2S(=O)(=O)N2CCSCC2)cc1. The van der Waals surface area contributed by atoms with Crippen molar-refractivity contribution in [1.29, 1.82) is 0 Å². The quantitative estimate of drug-likeness (QED) is 0.637. The Morgan fingerprint density at radius 3 is 2.39 bits per heavy atom. The van der Waals surface area contributed by atoms with Gasteiger partial charge in [0.15, 0.2) is 0 Å². The molecule has 1 aromatic heterocycles. The molecular formula is C18H19NO6S3. The van der Waals surface area contributed by atoms with Crippen LogP contribution in [-0.4, -0.2) is 56.4 Å². The van der Waals surface area contributed by atoms with Crippen molar-refractivity contribution >= 4 is 45.1 Å². The highest BCUT2D eigenvalue weighted by atomic mass is 32.2. The number of carbonyl (C=O) groups is 2. The summed E-state index contributed by atoms with van der Waals surface area (Å²) in [5.41, 5.74) is 1.07. The van der Waals surface area contributed by atoms with Gasteiger partial charge in [-0.25, -0.2) is 18.0 Å². The lowest BCUT2D eigenvalue weighted by Gasteiger charge is -2.25. The van der Waals surface area contributed by atoms with Crippen LogP contribution in [0.2, 0.25) is 0 Å². The molecule has 1 aliphatic rings. The molecule has 0 aliphatic carbocycles. The summed E-state index contributed by atoms with van der Waals surface area (Å²) in [5, 5.41) is 1.58. The van der Waals surface area contributed by atoms with Gasteiger partial charge in [-0.05, 0) is 29.1 Å². The monoisotopic (exact) mass is 441 g/mol. The van der Waals surface area contributed by atoms with Gasteiger partial charge in [-0.15, -0.1) is 11.3 Å². The first-order valence-corrected chi connectivity index (χ1v) is 11.9. The molecule has 28 heavy (non-hydrogen) atoms. The number of methoxy groups -OCH3 is 1. The van der Waals surface area contributed by atoms with Crippen molar-refractivity contribution in [2.45, 2.75) is 11.5 Å². The third-order valence-electron chi connectivity index (χ3n) is 4.15. The van der Waals surface area contributed by atoms with Crippen LogP contribution in [0.5, 0.6) is 0 Å². The highest BCUT2D eigenvalue weighted by molar-refractivity contribution is 7.99. The first-order valence-electron chi connectivity index (χ1n) is 8.43. The fourth-order valence-electron chi connectivity index (χ4n) is 2.64. The predicted molar refractivity (Wildman–Crippen MR) is 107 cm³/mol. The number of benzene rings is 1. The molecule has 0 unspecified atom stereocenters. The average molecular weight is 442 g/mol. The van der Waals surface area contributed by atoms with E-state index in [2.05, 4.69) is 4.74 Å². The minimum absolute atomic E-state index is 0.00422. The van der Waals surface area contributed by atoms with E-state index in [0.29, 0.717) is 24.2 Å². The summed E-state index contributed by atoms with van der Waals surface area (Å²) in [4.78, 5) is 24.0. The first-order chi connectivity index (χ1) is 13.4. The number of thioether (sulfide) groups is 1. The average Bonchev–Trinajstić information content (AvgIpc) is 3.23. The Kier molecular flexibility index (Phi) is 6.76. The molecule has 2 heterocycles. The fraction of sp³-hybridized carbons (Fsp3) is 0.333. The van der Waals surface area contributed by atoms with Gasteiger partial charge in [0.2, 0.25) is 10.0 Å². The zero-order chi connectivity index (χ0) is 20.1. The van der Waals surface area contributed by atoms with Gasteiger partial charge in [-0.1, -0.05) is 12.1 Å². The smallest absolute Gasteiger partial charge is 0.350 e. The summed E-state index contributed by atoms with van der Waals surface area (Å²) in [5.74, 6) is 0.347. The summed E-state index contributed by atoms with van der Waals surface area (Å²) >= 11 is 2.75. The number of sulfonamides is 1. The van der Waals surface area contributed by atoms with Gasteiger partial charge in [0, 0.05) is 24.6 Å². The summed E-state index contributed by atoms with van der Waals surface area (Å²) in [6.45, 7) is 0.839. The zero-order valence-corrected chi connectivity index (χ0v) is 17.6. The molecule has 1 fully saturated rings. The largest absolute Gasteiger partial charge is 0.465 e. The minimum atomic E-state index is -3.72. The maximum absolute atomic E-state index is 12.8. The molecule has 0 atom stereocenters. The van der Waals surface area contributed by atoms with Gasteiger partial charge in [-0.3, -0.25) is 0 Å². The van der Waals surface area contributed by atoms with Gasteiger partial charge >= 0.3 is 11.9 Å². The van der Waals surface area contributed by atoms with E-state index >= 15 is 0 Å². The Morgan fingerprint density at radius 1 is 1.07 bits per heavy atom. The van der Waals surface area contributed by atoms with Crippen LogP contribution in [0.4, 0.5) is 0 Å². The van der Waals surface area contributed by atoms with Crippen LogP contribution in [0.15, 0.2) is 40.6 Å². The van der Waals surface area contributed by atoms with E-state index in [9.17, 15) is 18.0 Å². The zero-order valence-electron chi connectivity index (χ0n) is 15.1. The van der Waals surface area contributed by atoms with Crippen LogP contribution in [0.25, 0.3) is 0 Å². The Morgan fingerprint density at radius 2 is 1.75 bits per heavy atom. The van der Waals surface area contributed by atoms with Crippen molar-refractivity contribution in [1.82, 2.24) is 4.31 Å². The van der Waals surface area contributed by atoms with E-state index in [1.54, 1.807) is 41.4 Å². The second-order valence-corrected chi connectivity index (χ2v) is 9.94. The van der Waals surface area contributed by atoms with E-state index in [1.165, 1.54) is 17.5 Å². The van der Waals surface area contributed by atoms with Crippen LogP contribution < -0.4 is 0 Å². The lowest BCUT2D eigenvalue weighted by atomic mass is 10.1. The molecule has 0 N–H and O–H groups in total. The highest BCUT2D eigenvalue weighted by Gasteiger charge is 2.31. The van der Waals surface area contributed by atoms with Gasteiger partial charge in [0.1, 0.15) is 16.4 Å². The number of hydrogen-bond acceptors (Lipinski definition) is 8. The van der Waals surface area contributed by atoms with E-state index in [1.807, 2.05) is 0 Å². The topological polar surface area (TPSA) is 90.0 Å². The second-order valence-electron chi connectivity index (χ2n) is 5.90. The Bertz CT molecular complexity index is 946. The summed E-state index contributed by atoms with van der Waals surface area (Å²) in [6, 6.07) is 7.90. The van der Waals surface area contributed by atoms with Crippen molar-refractivity contribution in [3.63, 3.8) is 0 Å². The lowest BCUT2D eigenvalue weighted by molar-refractivity contribution is 0.0473. The minimum Gasteiger partial charge on any atom is -0.465 e. The molecule has 1 aliphatic heterocycles. The molecule has 0 amide bonds. The predicted octanol–water partition coefficient (Wildman–Crippen LogP) is 2.63. The van der Waals surface area contributed by atoms with Gasteiger partial charge in [0.25, 0.3) is 0 Å². The van der Waals surface area contributed by atoms with Crippen LogP contribution in [-0.2, 0) is 26.1 Å². The number of carbonyl (C=O) groups excluding carboxylic acids is 2. The van der Waals surface area contributed by atoms with Gasteiger partial charge < -0.3 is 9.47 Å². The molecular weight excluding hydrogens is 422 g/mol. The maximum atomic E-state index is 12.8. The molecule has 10 heteroatoms. The van der Waals surface area contributed by atoms with Crippen LogP contribution in [0.1, 0.15) is 25.6 Å². The van der Waals surface area contributed by atoms with Gasteiger partial charge in [-0.2, -0.15) is 16.1 Å². The molecule has 0 bridgehead atoms. The number of ether oxygens (including phenoxy) is 2. The molecule has 1 aromatic carbocycles. The molecule has 150 valence electrons. The van der Waals surface area contributed by atoms with Crippen molar-refractivity contribution in [2.24, 2.45) is 0 Å². The molecule has 0 spiro atoms. The molecule has 1 saturated heterocycles. The molecule has 0 saturated carbocycles. The van der Waals surface area contributed by atoms with Crippen LogP contribution in [0, 0.1) is 0 Å². The number of nitrogens with zero attached hydrogens (tertiary/aromatic N) is 1. The third kappa shape index (κ3) is 4.57. The Labute approximate surface area is 171 Å². The van der Waals surface area contributed by atoms with Crippen molar-refractivity contribution in [2.75, 3.05) is 31.7 Å². The molecule has 0 radical (unpaired) electrons. The number of esters is 2. The Hall–Kier alpha value is -1.88. The maximum Gasteiger partial charge on any atom is 0.350 e. The number of hydrogen-bond donors (Lipinski definition) is 0. The van der Waals surface area contributed by atoms with E-state index < -0.39 is 22.0 Å². The van der Waals surface area contributed by atoms with Crippen molar-refractivity contribution in [3.05, 3.63) is 51.7 Å². The molecule has 7 nitrogen and oxygen atoms in total.